The molecule has 0 saturated heterocycles. The highest BCUT2D eigenvalue weighted by Crippen LogP contribution is 2.42. The van der Waals surface area contributed by atoms with E-state index < -0.39 is 0 Å². The van der Waals surface area contributed by atoms with Crippen molar-refractivity contribution in [3.63, 3.8) is 0 Å². The van der Waals surface area contributed by atoms with Gasteiger partial charge in [-0.3, -0.25) is 0 Å². The van der Waals surface area contributed by atoms with Crippen LogP contribution in [-0.2, 0) is 0 Å². The van der Waals surface area contributed by atoms with Crippen LogP contribution < -0.4 is 19.9 Å². The number of fused-ring (bicyclic) bond motifs is 1. The zero-order valence-corrected chi connectivity index (χ0v) is 9.84. The normalized spacial score (nSPS) is 12.5. The first-order valence-electron chi connectivity index (χ1n) is 5.47. The fourth-order valence-corrected chi connectivity index (χ4v) is 1.88. The van der Waals surface area contributed by atoms with E-state index in [1.165, 1.54) is 0 Å². The van der Waals surface area contributed by atoms with Crippen LogP contribution in [0.15, 0.2) is 30.5 Å². The Kier molecular flexibility index (Phi) is 2.44. The molecule has 0 unspecified atom stereocenters. The van der Waals surface area contributed by atoms with Gasteiger partial charge in [-0.2, -0.15) is 0 Å². The molecule has 1 aliphatic heterocycles. The molecule has 0 radical (unpaired) electrons. The number of rotatable bonds is 2. The quantitative estimate of drug-likeness (QED) is 0.875. The number of nitrogens with two attached hydrogens (primary N) is 1. The van der Waals surface area contributed by atoms with Gasteiger partial charge in [0.1, 0.15) is 11.6 Å². The molecule has 0 spiro atoms. The van der Waals surface area contributed by atoms with Crippen molar-refractivity contribution in [1.29, 1.82) is 0 Å². The van der Waals surface area contributed by atoms with Gasteiger partial charge in [-0.25, -0.2) is 4.98 Å². The molecule has 0 amide bonds. The average molecular weight is 244 g/mol. The lowest BCUT2D eigenvalue weighted by Crippen LogP contribution is -1.92. The van der Waals surface area contributed by atoms with E-state index >= 15 is 0 Å². The van der Waals surface area contributed by atoms with Gasteiger partial charge >= 0.3 is 0 Å². The molecule has 0 saturated carbocycles. The van der Waals surface area contributed by atoms with Crippen molar-refractivity contribution in [3.05, 3.63) is 30.5 Å². The molecule has 2 aromatic rings. The molecular formula is C13H12N2O3. The smallest absolute Gasteiger partial charge is 0.231 e. The zero-order valence-electron chi connectivity index (χ0n) is 9.84. The van der Waals surface area contributed by atoms with E-state index in [0.717, 1.165) is 11.1 Å². The van der Waals surface area contributed by atoms with E-state index in [-0.39, 0.29) is 6.79 Å². The average Bonchev–Trinajstić information content (AvgIpc) is 2.85. The standard InChI is InChI=1S/C13H12N2O3/c1-16-10-5-12-11(17-7-18-12)4-9(10)8-2-3-13(14)15-6-8/h2-6H,7H2,1H3,(H2,14,15). The first kappa shape index (κ1) is 10.7. The van der Waals surface area contributed by atoms with Crippen LogP contribution in [0.3, 0.4) is 0 Å². The number of pyridine rings is 1. The van der Waals surface area contributed by atoms with E-state index in [0.29, 0.717) is 23.1 Å². The van der Waals surface area contributed by atoms with Gasteiger partial charge in [0.2, 0.25) is 6.79 Å². The lowest BCUT2D eigenvalue weighted by Gasteiger charge is -2.09. The number of nitrogens with zero attached hydrogens (tertiary/aromatic N) is 1. The molecule has 5 nitrogen and oxygen atoms in total. The van der Waals surface area contributed by atoms with Crippen LogP contribution >= 0.6 is 0 Å². The lowest BCUT2D eigenvalue weighted by molar-refractivity contribution is 0.174. The summed E-state index contributed by atoms with van der Waals surface area (Å²) in [6, 6.07) is 7.34. The second-order valence-corrected chi connectivity index (χ2v) is 3.88. The molecular weight excluding hydrogens is 232 g/mol. The summed E-state index contributed by atoms with van der Waals surface area (Å²) < 4.78 is 16.0. The molecule has 5 heteroatoms. The minimum atomic E-state index is 0.238. The van der Waals surface area contributed by atoms with Crippen molar-refractivity contribution in [2.45, 2.75) is 0 Å². The van der Waals surface area contributed by atoms with E-state index in [1.54, 1.807) is 19.4 Å². The molecule has 92 valence electrons. The molecule has 0 atom stereocenters. The third-order valence-corrected chi connectivity index (χ3v) is 2.79. The SMILES string of the molecule is COc1cc2c(cc1-c1ccc(N)nc1)OCO2. The highest BCUT2D eigenvalue weighted by molar-refractivity contribution is 5.74. The van der Waals surface area contributed by atoms with Gasteiger partial charge in [0, 0.05) is 23.4 Å². The summed E-state index contributed by atoms with van der Waals surface area (Å²) in [4.78, 5) is 4.07. The summed E-state index contributed by atoms with van der Waals surface area (Å²) in [5.41, 5.74) is 7.39. The van der Waals surface area contributed by atoms with Crippen LogP contribution in [-0.4, -0.2) is 18.9 Å². The predicted molar refractivity (Wildman–Crippen MR) is 66.8 cm³/mol. The molecule has 2 heterocycles. The number of hydrogen-bond donors (Lipinski definition) is 1. The van der Waals surface area contributed by atoms with E-state index in [2.05, 4.69) is 4.98 Å². The van der Waals surface area contributed by atoms with Gasteiger partial charge in [-0.05, 0) is 18.2 Å². The Bertz CT molecular complexity index is 582. The number of anilines is 1. The Morgan fingerprint density at radius 3 is 2.67 bits per heavy atom. The maximum Gasteiger partial charge on any atom is 0.231 e. The van der Waals surface area contributed by atoms with Crippen LogP contribution in [0.2, 0.25) is 0 Å². The molecule has 3 rings (SSSR count). The van der Waals surface area contributed by atoms with Crippen molar-refractivity contribution >= 4 is 5.82 Å². The molecule has 0 bridgehead atoms. The Labute approximate surface area is 104 Å². The second-order valence-electron chi connectivity index (χ2n) is 3.88. The summed E-state index contributed by atoms with van der Waals surface area (Å²) in [6.07, 6.45) is 1.70. The molecule has 2 N–H and O–H groups in total. The molecule has 18 heavy (non-hydrogen) atoms. The number of nitrogen functional groups attached to an aromatic ring is 1. The Balaban J connectivity index is 2.13. The number of aromatic nitrogens is 1. The van der Waals surface area contributed by atoms with Crippen LogP contribution in [0.5, 0.6) is 17.2 Å². The van der Waals surface area contributed by atoms with E-state index in [4.69, 9.17) is 19.9 Å². The predicted octanol–water partition coefficient (Wildman–Crippen LogP) is 2.07. The first-order valence-corrected chi connectivity index (χ1v) is 5.47. The lowest BCUT2D eigenvalue weighted by atomic mass is 10.1. The maximum absolute atomic E-state index is 5.58. The van der Waals surface area contributed by atoms with Crippen molar-refractivity contribution in [2.75, 3.05) is 19.6 Å². The molecule has 0 aliphatic carbocycles. The van der Waals surface area contributed by atoms with Crippen LogP contribution in [0, 0.1) is 0 Å². The maximum atomic E-state index is 5.58. The van der Waals surface area contributed by atoms with Gasteiger partial charge in [-0.15, -0.1) is 0 Å². The molecule has 0 fully saturated rings. The Morgan fingerprint density at radius 2 is 2.00 bits per heavy atom. The van der Waals surface area contributed by atoms with Crippen molar-refractivity contribution in [2.24, 2.45) is 0 Å². The highest BCUT2D eigenvalue weighted by atomic mass is 16.7. The summed E-state index contributed by atoms with van der Waals surface area (Å²) in [7, 11) is 1.62. The van der Waals surface area contributed by atoms with Gasteiger partial charge in [-0.1, -0.05) is 0 Å². The van der Waals surface area contributed by atoms with Crippen molar-refractivity contribution in [3.8, 4) is 28.4 Å². The van der Waals surface area contributed by atoms with Crippen LogP contribution in [0.4, 0.5) is 5.82 Å². The van der Waals surface area contributed by atoms with Gasteiger partial charge in [0.15, 0.2) is 11.5 Å². The second kappa shape index (κ2) is 4.10. The summed E-state index contributed by atoms with van der Waals surface area (Å²) in [6.45, 7) is 0.238. The first-order chi connectivity index (χ1) is 8.78. The third-order valence-electron chi connectivity index (χ3n) is 2.79. The van der Waals surface area contributed by atoms with Crippen molar-refractivity contribution < 1.29 is 14.2 Å². The molecule has 1 aromatic heterocycles. The minimum Gasteiger partial charge on any atom is -0.496 e. The van der Waals surface area contributed by atoms with Gasteiger partial charge < -0.3 is 19.9 Å². The van der Waals surface area contributed by atoms with Crippen LogP contribution in [0.25, 0.3) is 11.1 Å². The summed E-state index contributed by atoms with van der Waals surface area (Å²) in [5.74, 6) is 2.60. The summed E-state index contributed by atoms with van der Waals surface area (Å²) >= 11 is 0. The van der Waals surface area contributed by atoms with E-state index in [9.17, 15) is 0 Å². The third kappa shape index (κ3) is 1.69. The largest absolute Gasteiger partial charge is 0.496 e. The van der Waals surface area contributed by atoms with E-state index in [1.807, 2.05) is 18.2 Å². The van der Waals surface area contributed by atoms with Crippen molar-refractivity contribution in [1.82, 2.24) is 4.98 Å². The number of benzene rings is 1. The fourth-order valence-electron chi connectivity index (χ4n) is 1.88. The topological polar surface area (TPSA) is 66.6 Å². The molecule has 1 aliphatic rings. The highest BCUT2D eigenvalue weighted by Gasteiger charge is 2.18. The van der Waals surface area contributed by atoms with Gasteiger partial charge in [0.25, 0.3) is 0 Å². The zero-order chi connectivity index (χ0) is 12.5. The Hall–Kier alpha value is -2.43. The minimum absolute atomic E-state index is 0.238. The van der Waals surface area contributed by atoms with Gasteiger partial charge in [0.05, 0.1) is 7.11 Å². The molecule has 1 aromatic carbocycles. The number of hydrogen-bond acceptors (Lipinski definition) is 5. The monoisotopic (exact) mass is 244 g/mol. The van der Waals surface area contributed by atoms with Crippen LogP contribution in [0.1, 0.15) is 0 Å². The number of methoxy groups -OCH3 is 1. The Morgan fingerprint density at radius 1 is 1.22 bits per heavy atom. The fraction of sp³-hybridized carbons (Fsp3) is 0.154. The number of ether oxygens (including phenoxy) is 3. The summed E-state index contributed by atoms with van der Waals surface area (Å²) in [5, 5.41) is 0.